The molecule has 8 heteroatoms. The molecule has 2 aromatic carbocycles. The number of aliphatic hydroxyl groups excluding tert-OH is 1. The van der Waals surface area contributed by atoms with Gasteiger partial charge in [-0.1, -0.05) is 18.2 Å². The Kier molecular flexibility index (Phi) is 6.88. The van der Waals surface area contributed by atoms with Crippen molar-refractivity contribution in [2.24, 2.45) is 0 Å². The van der Waals surface area contributed by atoms with Crippen molar-refractivity contribution in [3.05, 3.63) is 77.6 Å². The van der Waals surface area contributed by atoms with Gasteiger partial charge in [0.1, 0.15) is 17.1 Å². The van der Waals surface area contributed by atoms with E-state index in [4.69, 9.17) is 14.2 Å². The second kappa shape index (κ2) is 10.4. The number of aromatic amines is 1. The number of aryl methyl sites for hydroxylation is 1. The molecule has 186 valence electrons. The standard InChI is InChI=1S/C28H29N3O5/c1-17-12-20(36-19-6-4-3-5-7-19)10-11-22(17)27(33)23-13-29-28-25(23)26(24(34-2)14-30-28)31-18-8-9-21(15-32)35-16-18/h3-7,10-14,18,21,32H,8-9,15-16H2,1-2H3,(H2,29,30,31)/t18-,21+/m1/s1. The normalized spacial score (nSPS) is 17.6. The van der Waals surface area contributed by atoms with Gasteiger partial charge >= 0.3 is 0 Å². The van der Waals surface area contributed by atoms with E-state index in [2.05, 4.69) is 15.3 Å². The number of fused-ring (bicyclic) bond motifs is 1. The maximum Gasteiger partial charge on any atom is 0.195 e. The van der Waals surface area contributed by atoms with Crippen molar-refractivity contribution >= 4 is 22.5 Å². The number of hydrogen-bond acceptors (Lipinski definition) is 7. The van der Waals surface area contributed by atoms with Gasteiger partial charge in [-0.2, -0.15) is 0 Å². The molecule has 3 heterocycles. The van der Waals surface area contributed by atoms with Gasteiger partial charge in [0, 0.05) is 17.8 Å². The zero-order chi connectivity index (χ0) is 25.1. The van der Waals surface area contributed by atoms with E-state index in [-0.39, 0.29) is 24.5 Å². The van der Waals surface area contributed by atoms with Crippen LogP contribution in [-0.4, -0.2) is 53.3 Å². The molecule has 1 aliphatic heterocycles. The van der Waals surface area contributed by atoms with Crippen LogP contribution in [0.2, 0.25) is 0 Å². The molecular formula is C28H29N3O5. The SMILES string of the molecule is COc1cnc2[nH]cc(C(=O)c3ccc(Oc4ccccc4)cc3C)c2c1N[C@@H]1CC[C@@H](CO)OC1. The minimum Gasteiger partial charge on any atom is -0.493 e. The number of pyridine rings is 1. The van der Waals surface area contributed by atoms with Crippen molar-refractivity contribution in [1.82, 2.24) is 9.97 Å². The molecule has 2 aromatic heterocycles. The minimum atomic E-state index is -0.136. The second-order valence-electron chi connectivity index (χ2n) is 8.91. The summed E-state index contributed by atoms with van der Waals surface area (Å²) in [6.07, 6.45) is 4.77. The highest BCUT2D eigenvalue weighted by Gasteiger charge is 2.26. The Labute approximate surface area is 209 Å². The van der Waals surface area contributed by atoms with Crippen LogP contribution in [0.1, 0.15) is 34.3 Å². The summed E-state index contributed by atoms with van der Waals surface area (Å²) in [7, 11) is 1.58. The molecule has 0 bridgehead atoms. The van der Waals surface area contributed by atoms with Gasteiger partial charge in [-0.05, 0) is 55.7 Å². The molecule has 8 nitrogen and oxygen atoms in total. The monoisotopic (exact) mass is 487 g/mol. The summed E-state index contributed by atoms with van der Waals surface area (Å²) in [6, 6.07) is 15.0. The number of benzene rings is 2. The Bertz CT molecular complexity index is 1360. The molecule has 0 radical (unpaired) electrons. The number of aromatic nitrogens is 2. The Hall–Kier alpha value is -3.88. The molecule has 4 aromatic rings. The average molecular weight is 488 g/mol. The smallest absolute Gasteiger partial charge is 0.195 e. The van der Waals surface area contributed by atoms with Gasteiger partial charge in [0.25, 0.3) is 0 Å². The van der Waals surface area contributed by atoms with Crippen LogP contribution in [0, 0.1) is 6.92 Å². The molecular weight excluding hydrogens is 458 g/mol. The number of rotatable bonds is 8. The molecule has 0 unspecified atom stereocenters. The lowest BCUT2D eigenvalue weighted by atomic mass is 9.98. The van der Waals surface area contributed by atoms with Gasteiger partial charge in [-0.3, -0.25) is 4.79 Å². The molecule has 3 N–H and O–H groups in total. The maximum absolute atomic E-state index is 13.7. The lowest BCUT2D eigenvalue weighted by Crippen LogP contribution is -2.36. The zero-order valence-corrected chi connectivity index (χ0v) is 20.3. The number of anilines is 1. The number of carbonyl (C=O) groups excluding carboxylic acids is 1. The highest BCUT2D eigenvalue weighted by atomic mass is 16.5. The fourth-order valence-corrected chi connectivity index (χ4v) is 4.55. The summed E-state index contributed by atoms with van der Waals surface area (Å²) in [5.41, 5.74) is 3.18. The fraction of sp³-hybridized carbons (Fsp3) is 0.286. The van der Waals surface area contributed by atoms with Crippen LogP contribution in [0.15, 0.2) is 60.9 Å². The third kappa shape index (κ3) is 4.78. The van der Waals surface area contributed by atoms with Crippen molar-refractivity contribution in [2.45, 2.75) is 31.9 Å². The van der Waals surface area contributed by atoms with Crippen molar-refractivity contribution < 1.29 is 24.1 Å². The number of nitrogens with one attached hydrogen (secondary N) is 2. The molecule has 36 heavy (non-hydrogen) atoms. The molecule has 2 atom stereocenters. The van der Waals surface area contributed by atoms with Gasteiger partial charge in [-0.15, -0.1) is 0 Å². The topological polar surface area (TPSA) is 106 Å². The highest BCUT2D eigenvalue weighted by molar-refractivity contribution is 6.19. The first-order chi connectivity index (χ1) is 17.6. The molecule has 0 amide bonds. The van der Waals surface area contributed by atoms with E-state index in [1.54, 1.807) is 31.6 Å². The van der Waals surface area contributed by atoms with Crippen LogP contribution in [0.3, 0.4) is 0 Å². The first-order valence-electron chi connectivity index (χ1n) is 12.0. The van der Waals surface area contributed by atoms with Gasteiger partial charge < -0.3 is 29.6 Å². The van der Waals surface area contributed by atoms with Crippen LogP contribution < -0.4 is 14.8 Å². The van der Waals surface area contributed by atoms with E-state index in [9.17, 15) is 9.90 Å². The van der Waals surface area contributed by atoms with Gasteiger partial charge in [0.05, 0.1) is 49.3 Å². The van der Waals surface area contributed by atoms with E-state index in [1.807, 2.05) is 43.3 Å². The van der Waals surface area contributed by atoms with Crippen LogP contribution in [0.4, 0.5) is 5.69 Å². The molecule has 0 aliphatic carbocycles. The minimum absolute atomic E-state index is 0.0144. The summed E-state index contributed by atoms with van der Waals surface area (Å²) in [5, 5.41) is 13.5. The third-order valence-corrected chi connectivity index (χ3v) is 6.47. The Morgan fingerprint density at radius 3 is 2.69 bits per heavy atom. The van der Waals surface area contributed by atoms with Crippen LogP contribution in [-0.2, 0) is 4.74 Å². The quantitative estimate of drug-likeness (QED) is 0.305. The number of nitrogens with zero attached hydrogens (tertiary/aromatic N) is 1. The van der Waals surface area contributed by atoms with Crippen molar-refractivity contribution in [1.29, 1.82) is 0 Å². The maximum atomic E-state index is 13.7. The summed E-state index contributed by atoms with van der Waals surface area (Å²) < 4.78 is 17.3. The molecule has 1 fully saturated rings. The van der Waals surface area contributed by atoms with Crippen molar-refractivity contribution in [3.8, 4) is 17.2 Å². The number of hydrogen-bond donors (Lipinski definition) is 3. The van der Waals surface area contributed by atoms with Crippen LogP contribution >= 0.6 is 0 Å². The number of ketones is 1. The molecule has 1 aliphatic rings. The summed E-state index contributed by atoms with van der Waals surface area (Å²) in [4.78, 5) is 21.3. The zero-order valence-electron chi connectivity index (χ0n) is 20.3. The van der Waals surface area contributed by atoms with Crippen LogP contribution in [0.25, 0.3) is 11.0 Å². The largest absolute Gasteiger partial charge is 0.493 e. The van der Waals surface area contributed by atoms with E-state index in [0.717, 1.165) is 24.2 Å². The molecule has 0 saturated carbocycles. The van der Waals surface area contributed by atoms with Crippen molar-refractivity contribution in [3.63, 3.8) is 0 Å². The molecule has 1 saturated heterocycles. The Balaban J connectivity index is 1.46. The average Bonchev–Trinajstić information content (AvgIpc) is 3.34. The number of aliphatic hydroxyl groups is 1. The summed E-state index contributed by atoms with van der Waals surface area (Å²) >= 11 is 0. The summed E-state index contributed by atoms with van der Waals surface area (Å²) in [5.74, 6) is 1.82. The van der Waals surface area contributed by atoms with Gasteiger partial charge in [0.2, 0.25) is 0 Å². The van der Waals surface area contributed by atoms with Crippen LogP contribution in [0.5, 0.6) is 17.2 Å². The first-order valence-corrected chi connectivity index (χ1v) is 12.0. The lowest BCUT2D eigenvalue weighted by Gasteiger charge is -2.29. The van der Waals surface area contributed by atoms with Crippen molar-refractivity contribution in [2.75, 3.05) is 25.6 Å². The van der Waals surface area contributed by atoms with E-state index in [0.29, 0.717) is 46.0 Å². The van der Waals surface area contributed by atoms with E-state index >= 15 is 0 Å². The predicted octanol–water partition coefficient (Wildman–Crippen LogP) is 4.86. The third-order valence-electron chi connectivity index (χ3n) is 6.47. The first kappa shape index (κ1) is 23.8. The summed E-state index contributed by atoms with van der Waals surface area (Å²) in [6.45, 7) is 2.36. The second-order valence-corrected chi connectivity index (χ2v) is 8.91. The highest BCUT2D eigenvalue weighted by Crippen LogP contribution is 2.37. The number of methoxy groups -OCH3 is 1. The predicted molar refractivity (Wildman–Crippen MR) is 137 cm³/mol. The van der Waals surface area contributed by atoms with Gasteiger partial charge in [0.15, 0.2) is 11.5 Å². The molecule has 5 rings (SSSR count). The number of H-pyrrole nitrogens is 1. The molecule has 0 spiro atoms. The number of ether oxygens (including phenoxy) is 3. The Morgan fingerprint density at radius 1 is 1.17 bits per heavy atom. The number of carbonyl (C=O) groups is 1. The van der Waals surface area contributed by atoms with E-state index < -0.39 is 0 Å². The number of para-hydroxylation sites is 1. The Morgan fingerprint density at radius 2 is 2.00 bits per heavy atom. The van der Waals surface area contributed by atoms with E-state index in [1.165, 1.54) is 0 Å². The lowest BCUT2D eigenvalue weighted by molar-refractivity contribution is -0.0223. The fourth-order valence-electron chi connectivity index (χ4n) is 4.55. The van der Waals surface area contributed by atoms with Gasteiger partial charge in [-0.25, -0.2) is 4.98 Å².